The van der Waals surface area contributed by atoms with Crippen LogP contribution in [0.4, 0.5) is 11.4 Å². The summed E-state index contributed by atoms with van der Waals surface area (Å²) >= 11 is 5.90. The minimum absolute atomic E-state index is 0.143. The number of nitrogens with one attached hydrogen (secondary N) is 2. The van der Waals surface area contributed by atoms with Gasteiger partial charge in [0.1, 0.15) is 0 Å². The number of benzene rings is 1. The maximum absolute atomic E-state index is 11.5. The molecular weight excluding hydrogens is 272 g/mol. The normalized spacial score (nSPS) is 9.79. The largest absolute Gasteiger partial charge is 0.481 e. The summed E-state index contributed by atoms with van der Waals surface area (Å²) in [7, 11) is 0. The van der Waals surface area contributed by atoms with E-state index >= 15 is 0 Å². The molecule has 0 saturated heterocycles. The molecule has 0 atom stereocenters. The molecule has 0 saturated carbocycles. The predicted octanol–water partition coefficient (Wildman–Crippen LogP) is 2.10. The number of anilines is 2. The van der Waals surface area contributed by atoms with Gasteiger partial charge in [0.05, 0.1) is 17.1 Å². The zero-order valence-corrected chi connectivity index (χ0v) is 11.0. The third kappa shape index (κ3) is 5.39. The molecule has 3 N–H and O–H groups in total. The summed E-state index contributed by atoms with van der Waals surface area (Å²) < 4.78 is 0. The van der Waals surface area contributed by atoms with E-state index in [2.05, 4.69) is 10.6 Å². The standard InChI is InChI=1S/C12H13ClN2O4/c1-7(16)14-8-2-3-9(13)10(6-8)15-11(17)4-5-12(18)19/h2-3,6H,4-5H2,1H3,(H,14,16)(H,15,17)(H,18,19). The van der Waals surface area contributed by atoms with Gasteiger partial charge in [-0.1, -0.05) is 11.6 Å². The van der Waals surface area contributed by atoms with Crippen molar-refractivity contribution in [2.75, 3.05) is 10.6 Å². The van der Waals surface area contributed by atoms with Crippen molar-refractivity contribution in [3.05, 3.63) is 23.2 Å². The summed E-state index contributed by atoms with van der Waals surface area (Å²) in [4.78, 5) is 32.7. The van der Waals surface area contributed by atoms with Crippen LogP contribution in [0.2, 0.25) is 5.02 Å². The average molecular weight is 285 g/mol. The summed E-state index contributed by atoms with van der Waals surface area (Å²) in [6, 6.07) is 4.62. The molecule has 0 spiro atoms. The van der Waals surface area contributed by atoms with E-state index in [4.69, 9.17) is 16.7 Å². The highest BCUT2D eigenvalue weighted by Crippen LogP contribution is 2.25. The van der Waals surface area contributed by atoms with Gasteiger partial charge in [0.15, 0.2) is 0 Å². The van der Waals surface area contributed by atoms with Crippen LogP contribution >= 0.6 is 11.6 Å². The molecule has 1 aromatic carbocycles. The van der Waals surface area contributed by atoms with Gasteiger partial charge in [-0.2, -0.15) is 0 Å². The van der Waals surface area contributed by atoms with Crippen LogP contribution in [0, 0.1) is 0 Å². The van der Waals surface area contributed by atoms with Crippen LogP contribution in [0.1, 0.15) is 19.8 Å². The first-order valence-electron chi connectivity index (χ1n) is 5.47. The van der Waals surface area contributed by atoms with Crippen molar-refractivity contribution in [3.8, 4) is 0 Å². The summed E-state index contributed by atoms with van der Waals surface area (Å²) in [5.41, 5.74) is 0.814. The first-order chi connectivity index (χ1) is 8.88. The zero-order valence-electron chi connectivity index (χ0n) is 10.2. The van der Waals surface area contributed by atoms with Crippen molar-refractivity contribution in [1.82, 2.24) is 0 Å². The Morgan fingerprint density at radius 1 is 1.21 bits per heavy atom. The molecule has 0 aliphatic heterocycles. The Morgan fingerprint density at radius 3 is 2.47 bits per heavy atom. The minimum atomic E-state index is -1.05. The van der Waals surface area contributed by atoms with E-state index in [1.807, 2.05) is 0 Å². The average Bonchev–Trinajstić information content (AvgIpc) is 2.30. The van der Waals surface area contributed by atoms with Crippen molar-refractivity contribution in [1.29, 1.82) is 0 Å². The second kappa shape index (κ2) is 6.75. The predicted molar refractivity (Wildman–Crippen MR) is 71.3 cm³/mol. The van der Waals surface area contributed by atoms with Crippen molar-refractivity contribution in [2.24, 2.45) is 0 Å². The van der Waals surface area contributed by atoms with E-state index in [1.54, 1.807) is 6.07 Å². The lowest BCUT2D eigenvalue weighted by atomic mass is 10.2. The van der Waals surface area contributed by atoms with Crippen LogP contribution in [0.5, 0.6) is 0 Å². The highest BCUT2D eigenvalue weighted by molar-refractivity contribution is 6.33. The van der Waals surface area contributed by atoms with E-state index in [0.717, 1.165) is 0 Å². The van der Waals surface area contributed by atoms with Crippen LogP contribution < -0.4 is 10.6 Å². The molecule has 19 heavy (non-hydrogen) atoms. The molecular formula is C12H13ClN2O4. The van der Waals surface area contributed by atoms with E-state index in [0.29, 0.717) is 16.4 Å². The number of amides is 2. The number of carbonyl (C=O) groups excluding carboxylic acids is 2. The maximum Gasteiger partial charge on any atom is 0.303 e. The van der Waals surface area contributed by atoms with Crippen molar-refractivity contribution >= 4 is 40.8 Å². The van der Waals surface area contributed by atoms with Crippen LogP contribution in [-0.4, -0.2) is 22.9 Å². The molecule has 0 aromatic heterocycles. The molecule has 1 aromatic rings. The number of rotatable bonds is 5. The SMILES string of the molecule is CC(=O)Nc1ccc(Cl)c(NC(=O)CCC(=O)O)c1. The van der Waals surface area contributed by atoms with Gasteiger partial charge in [0.25, 0.3) is 0 Å². The fourth-order valence-electron chi connectivity index (χ4n) is 1.34. The molecule has 0 fully saturated rings. The fourth-order valence-corrected chi connectivity index (χ4v) is 1.50. The highest BCUT2D eigenvalue weighted by Gasteiger charge is 2.09. The topological polar surface area (TPSA) is 95.5 Å². The van der Waals surface area contributed by atoms with E-state index < -0.39 is 11.9 Å². The summed E-state index contributed by atoms with van der Waals surface area (Å²) in [5.74, 6) is -1.75. The van der Waals surface area contributed by atoms with Crippen LogP contribution in [0.15, 0.2) is 18.2 Å². The van der Waals surface area contributed by atoms with Crippen molar-refractivity contribution < 1.29 is 19.5 Å². The number of carboxylic acid groups (broad SMARTS) is 1. The van der Waals surface area contributed by atoms with E-state index in [-0.39, 0.29) is 18.7 Å². The van der Waals surface area contributed by atoms with Gasteiger partial charge >= 0.3 is 5.97 Å². The van der Waals surface area contributed by atoms with Gasteiger partial charge in [-0.3, -0.25) is 14.4 Å². The second-order valence-electron chi connectivity index (χ2n) is 3.82. The highest BCUT2D eigenvalue weighted by atomic mass is 35.5. The number of aliphatic carboxylic acids is 1. The van der Waals surface area contributed by atoms with Gasteiger partial charge < -0.3 is 15.7 Å². The molecule has 102 valence electrons. The Labute approximate surface area is 114 Å². The molecule has 0 aliphatic carbocycles. The Balaban J connectivity index is 2.73. The van der Waals surface area contributed by atoms with Crippen LogP contribution in [-0.2, 0) is 14.4 Å². The lowest BCUT2D eigenvalue weighted by Gasteiger charge is -2.09. The summed E-state index contributed by atoms with van der Waals surface area (Å²) in [6.07, 6.45) is -0.398. The van der Waals surface area contributed by atoms with Gasteiger partial charge in [-0.25, -0.2) is 0 Å². The number of halogens is 1. The Bertz CT molecular complexity index is 516. The van der Waals surface area contributed by atoms with Crippen molar-refractivity contribution in [3.63, 3.8) is 0 Å². The van der Waals surface area contributed by atoms with Crippen LogP contribution in [0.3, 0.4) is 0 Å². The zero-order chi connectivity index (χ0) is 14.4. The van der Waals surface area contributed by atoms with Gasteiger partial charge in [-0.05, 0) is 18.2 Å². The number of hydrogen-bond acceptors (Lipinski definition) is 3. The second-order valence-corrected chi connectivity index (χ2v) is 4.22. The fraction of sp³-hybridized carbons (Fsp3) is 0.250. The Kier molecular flexibility index (Phi) is 5.32. The number of carbonyl (C=O) groups is 3. The smallest absolute Gasteiger partial charge is 0.303 e. The third-order valence-corrected chi connectivity index (χ3v) is 2.46. The van der Waals surface area contributed by atoms with Gasteiger partial charge in [0.2, 0.25) is 11.8 Å². The van der Waals surface area contributed by atoms with E-state index in [9.17, 15) is 14.4 Å². The molecule has 0 bridgehead atoms. The Hall–Kier alpha value is -2.08. The number of hydrogen-bond donors (Lipinski definition) is 3. The molecule has 0 unspecified atom stereocenters. The summed E-state index contributed by atoms with van der Waals surface area (Å²) in [6.45, 7) is 1.36. The van der Waals surface area contributed by atoms with Crippen LogP contribution in [0.25, 0.3) is 0 Å². The molecule has 0 aliphatic rings. The Morgan fingerprint density at radius 2 is 1.89 bits per heavy atom. The molecule has 1 rings (SSSR count). The molecule has 2 amide bonds. The molecule has 6 nitrogen and oxygen atoms in total. The maximum atomic E-state index is 11.5. The molecule has 0 radical (unpaired) electrons. The quantitative estimate of drug-likeness (QED) is 0.771. The molecule has 7 heteroatoms. The first-order valence-corrected chi connectivity index (χ1v) is 5.85. The molecule has 0 heterocycles. The third-order valence-electron chi connectivity index (χ3n) is 2.13. The lowest BCUT2D eigenvalue weighted by molar-refractivity contribution is -0.138. The monoisotopic (exact) mass is 284 g/mol. The summed E-state index contributed by atoms with van der Waals surface area (Å²) in [5, 5.41) is 13.8. The number of carboxylic acids is 1. The van der Waals surface area contributed by atoms with Gasteiger partial charge in [-0.15, -0.1) is 0 Å². The van der Waals surface area contributed by atoms with E-state index in [1.165, 1.54) is 19.1 Å². The first kappa shape index (κ1) is 15.0. The van der Waals surface area contributed by atoms with Crippen molar-refractivity contribution in [2.45, 2.75) is 19.8 Å². The minimum Gasteiger partial charge on any atom is -0.481 e. The lowest BCUT2D eigenvalue weighted by Crippen LogP contribution is -2.14. The van der Waals surface area contributed by atoms with Gasteiger partial charge in [0, 0.05) is 19.0 Å².